The van der Waals surface area contributed by atoms with E-state index in [2.05, 4.69) is 15.3 Å². The second-order valence-electron chi connectivity index (χ2n) is 11.0. The average Bonchev–Trinajstić information content (AvgIpc) is 2.82. The van der Waals surface area contributed by atoms with Gasteiger partial charge in [-0.25, -0.2) is 9.97 Å². The standard InChI is InChI=1S/C26H26ClF3N4O2/c27-20-2-1-17(26(28,29)30)8-19(20)23(35)34-4-3-18-21(12-34)31-13-32-22(18)33-24(36)25-9-14-5-15(10-25)7-16(6-14)11-25/h1-2,8,13-16H,3-7,9-12H2,(H,31,32,33,36). The average molecular weight is 519 g/mol. The van der Waals surface area contributed by atoms with Gasteiger partial charge >= 0.3 is 6.18 Å². The van der Waals surface area contributed by atoms with Crippen LogP contribution in [0.25, 0.3) is 0 Å². The third-order valence-electron chi connectivity index (χ3n) is 8.57. The monoisotopic (exact) mass is 518 g/mol. The minimum atomic E-state index is -4.58. The van der Waals surface area contributed by atoms with Crippen LogP contribution in [-0.4, -0.2) is 33.2 Å². The molecule has 7 rings (SSSR count). The minimum absolute atomic E-state index is 0.0370. The number of nitrogens with one attached hydrogen (secondary N) is 1. The van der Waals surface area contributed by atoms with Crippen LogP contribution in [0.4, 0.5) is 19.0 Å². The molecule has 0 saturated heterocycles. The summed E-state index contributed by atoms with van der Waals surface area (Å²) in [5.74, 6) is 1.85. The lowest BCUT2D eigenvalue weighted by Gasteiger charge is -2.55. The van der Waals surface area contributed by atoms with E-state index < -0.39 is 17.6 Å². The van der Waals surface area contributed by atoms with Crippen molar-refractivity contribution in [2.75, 3.05) is 11.9 Å². The van der Waals surface area contributed by atoms with Crippen LogP contribution in [0.1, 0.15) is 65.7 Å². The molecule has 0 unspecified atom stereocenters. The van der Waals surface area contributed by atoms with Gasteiger partial charge in [0.25, 0.3) is 5.91 Å². The zero-order chi connectivity index (χ0) is 25.2. The summed E-state index contributed by atoms with van der Waals surface area (Å²) >= 11 is 6.08. The molecule has 6 nitrogen and oxygen atoms in total. The van der Waals surface area contributed by atoms with Crippen LogP contribution in [0.5, 0.6) is 0 Å². The highest BCUT2D eigenvalue weighted by molar-refractivity contribution is 6.33. The summed E-state index contributed by atoms with van der Waals surface area (Å²) in [5, 5.41) is 3.06. The smallest absolute Gasteiger partial charge is 0.332 e. The van der Waals surface area contributed by atoms with Crippen molar-refractivity contribution >= 4 is 29.2 Å². The van der Waals surface area contributed by atoms with E-state index in [1.54, 1.807) is 0 Å². The third-order valence-corrected chi connectivity index (χ3v) is 8.90. The Bertz CT molecular complexity index is 1210. The first-order chi connectivity index (χ1) is 17.1. The van der Waals surface area contributed by atoms with Gasteiger partial charge in [-0.1, -0.05) is 11.6 Å². The van der Waals surface area contributed by atoms with Crippen LogP contribution < -0.4 is 5.32 Å². The molecule has 1 N–H and O–H groups in total. The van der Waals surface area contributed by atoms with Crippen molar-refractivity contribution in [2.24, 2.45) is 23.2 Å². The first-order valence-corrected chi connectivity index (χ1v) is 12.8. The lowest BCUT2D eigenvalue weighted by atomic mass is 9.49. The molecule has 4 aliphatic carbocycles. The molecule has 4 fully saturated rings. The molecule has 5 aliphatic rings. The largest absolute Gasteiger partial charge is 0.416 e. The lowest BCUT2D eigenvalue weighted by Crippen LogP contribution is -2.52. The number of rotatable bonds is 3. The number of amides is 2. The van der Waals surface area contributed by atoms with Crippen molar-refractivity contribution in [1.29, 1.82) is 0 Å². The Balaban J connectivity index is 1.21. The maximum atomic E-state index is 13.5. The van der Waals surface area contributed by atoms with E-state index in [0.717, 1.165) is 43.0 Å². The number of alkyl halides is 3. The van der Waals surface area contributed by atoms with Crippen molar-refractivity contribution in [3.05, 3.63) is 51.9 Å². The number of anilines is 1. The van der Waals surface area contributed by atoms with Gasteiger partial charge in [-0.05, 0) is 80.9 Å². The molecule has 0 radical (unpaired) electrons. The quantitative estimate of drug-likeness (QED) is 0.582. The maximum Gasteiger partial charge on any atom is 0.416 e. The fourth-order valence-corrected chi connectivity index (χ4v) is 7.50. The number of benzene rings is 1. The Hall–Kier alpha value is -2.68. The van der Waals surface area contributed by atoms with Crippen molar-refractivity contribution in [3.63, 3.8) is 0 Å². The number of carbonyl (C=O) groups is 2. The van der Waals surface area contributed by atoms with E-state index in [0.29, 0.717) is 35.7 Å². The van der Waals surface area contributed by atoms with Crippen LogP contribution in [0.2, 0.25) is 5.02 Å². The third kappa shape index (κ3) is 4.05. The summed E-state index contributed by atoms with van der Waals surface area (Å²) in [6.45, 7) is 0.357. The van der Waals surface area contributed by atoms with Crippen molar-refractivity contribution < 1.29 is 22.8 Å². The summed E-state index contributed by atoms with van der Waals surface area (Å²) in [6.07, 6.45) is 3.73. The van der Waals surface area contributed by atoms with Gasteiger partial charge < -0.3 is 10.2 Å². The van der Waals surface area contributed by atoms with Gasteiger partial charge in [-0.15, -0.1) is 0 Å². The minimum Gasteiger partial charge on any atom is -0.332 e. The molecular formula is C26H26ClF3N4O2. The first kappa shape index (κ1) is 23.7. The van der Waals surface area contributed by atoms with E-state index >= 15 is 0 Å². The molecule has 2 aromatic rings. The van der Waals surface area contributed by atoms with Crippen LogP contribution in [0.15, 0.2) is 24.5 Å². The van der Waals surface area contributed by atoms with Gasteiger partial charge in [0, 0.05) is 12.1 Å². The summed E-state index contributed by atoms with van der Waals surface area (Å²) in [5.41, 5.74) is -0.0870. The molecule has 1 aliphatic heterocycles. The van der Waals surface area contributed by atoms with Crippen molar-refractivity contribution in [3.8, 4) is 0 Å². The Morgan fingerprint density at radius 3 is 2.36 bits per heavy atom. The molecule has 0 spiro atoms. The Morgan fingerprint density at radius 1 is 1.06 bits per heavy atom. The molecule has 36 heavy (non-hydrogen) atoms. The number of nitrogens with zero attached hydrogens (tertiary/aromatic N) is 3. The zero-order valence-electron chi connectivity index (χ0n) is 19.6. The van der Waals surface area contributed by atoms with Crippen LogP contribution in [0.3, 0.4) is 0 Å². The Labute approximate surface area is 211 Å². The summed E-state index contributed by atoms with van der Waals surface area (Å²) in [6, 6.07) is 2.74. The van der Waals surface area contributed by atoms with E-state index in [1.807, 2.05) is 0 Å². The highest BCUT2D eigenvalue weighted by Crippen LogP contribution is 2.60. The van der Waals surface area contributed by atoms with Crippen molar-refractivity contribution in [2.45, 2.75) is 57.7 Å². The highest BCUT2D eigenvalue weighted by atomic mass is 35.5. The molecule has 10 heteroatoms. The fourth-order valence-electron chi connectivity index (χ4n) is 7.30. The molecule has 4 bridgehead atoms. The van der Waals surface area contributed by atoms with Gasteiger partial charge in [-0.2, -0.15) is 13.2 Å². The van der Waals surface area contributed by atoms with Crippen LogP contribution in [-0.2, 0) is 23.9 Å². The molecule has 4 saturated carbocycles. The van der Waals surface area contributed by atoms with Crippen molar-refractivity contribution in [1.82, 2.24) is 14.9 Å². The van der Waals surface area contributed by atoms with Gasteiger partial charge in [0.1, 0.15) is 12.1 Å². The van der Waals surface area contributed by atoms with Gasteiger partial charge in [-0.3, -0.25) is 9.59 Å². The molecular weight excluding hydrogens is 493 g/mol. The van der Waals surface area contributed by atoms with Crippen LogP contribution >= 0.6 is 11.6 Å². The molecule has 0 atom stereocenters. The predicted octanol–water partition coefficient (Wildman–Crippen LogP) is 5.50. The number of carbonyl (C=O) groups excluding carboxylic acids is 2. The number of aromatic nitrogens is 2. The molecule has 190 valence electrons. The number of hydrogen-bond acceptors (Lipinski definition) is 4. The van der Waals surface area contributed by atoms with E-state index in [4.69, 9.17) is 11.6 Å². The van der Waals surface area contributed by atoms with Crippen LogP contribution in [0, 0.1) is 23.2 Å². The van der Waals surface area contributed by atoms with Gasteiger partial charge in [0.05, 0.1) is 33.8 Å². The topological polar surface area (TPSA) is 75.2 Å². The summed E-state index contributed by atoms with van der Waals surface area (Å²) in [4.78, 5) is 36.7. The number of halogens is 4. The zero-order valence-corrected chi connectivity index (χ0v) is 20.3. The van der Waals surface area contributed by atoms with E-state index in [9.17, 15) is 22.8 Å². The number of hydrogen-bond donors (Lipinski definition) is 1. The Morgan fingerprint density at radius 2 is 1.72 bits per heavy atom. The molecule has 1 aromatic carbocycles. The Kier molecular flexibility index (Phi) is 5.55. The second kappa shape index (κ2) is 8.43. The maximum absolute atomic E-state index is 13.5. The lowest BCUT2D eigenvalue weighted by molar-refractivity contribution is -0.140. The highest BCUT2D eigenvalue weighted by Gasteiger charge is 2.54. The van der Waals surface area contributed by atoms with Gasteiger partial charge in [0.15, 0.2) is 0 Å². The van der Waals surface area contributed by atoms with E-state index in [1.165, 1.54) is 30.5 Å². The van der Waals surface area contributed by atoms with E-state index in [-0.39, 0.29) is 35.0 Å². The summed E-state index contributed by atoms with van der Waals surface area (Å²) < 4.78 is 39.5. The SMILES string of the molecule is O=C(c1cc(C(F)(F)F)ccc1Cl)N1CCc2c(ncnc2NC(=O)C23CC4CC(CC(C4)C2)C3)C1. The second-order valence-corrected chi connectivity index (χ2v) is 11.4. The molecule has 1 aromatic heterocycles. The molecule has 2 heterocycles. The van der Waals surface area contributed by atoms with Gasteiger partial charge in [0.2, 0.25) is 5.91 Å². The fraction of sp³-hybridized carbons (Fsp3) is 0.538. The normalized spacial score (nSPS) is 28.7. The summed E-state index contributed by atoms with van der Waals surface area (Å²) in [7, 11) is 0. The predicted molar refractivity (Wildman–Crippen MR) is 126 cm³/mol. The first-order valence-electron chi connectivity index (χ1n) is 12.4. The molecule has 2 amide bonds. The number of fused-ring (bicyclic) bond motifs is 1.